The lowest BCUT2D eigenvalue weighted by Gasteiger charge is -2.08. The summed E-state index contributed by atoms with van der Waals surface area (Å²) in [4.78, 5) is 29.0. The van der Waals surface area contributed by atoms with Crippen LogP contribution in [0.3, 0.4) is 0 Å². The monoisotopic (exact) mass is 416 g/mol. The fourth-order valence-electron chi connectivity index (χ4n) is 2.79. The Balaban J connectivity index is 1.61. The Morgan fingerprint density at radius 2 is 1.81 bits per heavy atom. The third-order valence-corrected chi connectivity index (χ3v) is 4.37. The van der Waals surface area contributed by atoms with E-state index in [0.717, 1.165) is 22.4 Å². The Hall–Kier alpha value is -4.07. The molecular weight excluding hydrogens is 392 g/mol. The van der Waals surface area contributed by atoms with E-state index in [2.05, 4.69) is 30.6 Å². The molecule has 0 aliphatic rings. The van der Waals surface area contributed by atoms with E-state index in [4.69, 9.17) is 4.74 Å². The van der Waals surface area contributed by atoms with Gasteiger partial charge in [-0.2, -0.15) is 0 Å². The number of rotatable bonds is 8. The van der Waals surface area contributed by atoms with Crippen LogP contribution in [0.15, 0.2) is 71.9 Å². The number of methoxy groups -OCH3 is 1. The number of aromatic nitrogens is 3. The smallest absolute Gasteiger partial charge is 0.228 e. The van der Waals surface area contributed by atoms with Crippen LogP contribution in [0.4, 0.5) is 11.6 Å². The minimum Gasteiger partial charge on any atom is -0.495 e. The van der Waals surface area contributed by atoms with Gasteiger partial charge in [-0.15, -0.1) is 0 Å². The van der Waals surface area contributed by atoms with Crippen molar-refractivity contribution in [2.45, 2.75) is 13.3 Å². The van der Waals surface area contributed by atoms with Crippen molar-refractivity contribution >= 4 is 23.8 Å². The molecule has 0 fully saturated rings. The van der Waals surface area contributed by atoms with Gasteiger partial charge in [0.2, 0.25) is 11.9 Å². The highest BCUT2D eigenvalue weighted by Gasteiger charge is 2.07. The molecule has 2 aromatic heterocycles. The number of carbonyl (C=O) groups is 1. The zero-order valence-corrected chi connectivity index (χ0v) is 17.7. The van der Waals surface area contributed by atoms with E-state index in [1.54, 1.807) is 51.2 Å². The lowest BCUT2D eigenvalue weighted by molar-refractivity contribution is -0.115. The zero-order valence-electron chi connectivity index (χ0n) is 17.7. The first-order chi connectivity index (χ1) is 15.1. The molecule has 1 amide bonds. The number of amides is 1. The fourth-order valence-corrected chi connectivity index (χ4v) is 2.79. The summed E-state index contributed by atoms with van der Waals surface area (Å²) < 4.78 is 5.12. The van der Waals surface area contributed by atoms with Gasteiger partial charge in [-0.05, 0) is 18.1 Å². The highest BCUT2D eigenvalue weighted by molar-refractivity contribution is 5.92. The van der Waals surface area contributed by atoms with Crippen LogP contribution in [-0.2, 0) is 11.2 Å². The van der Waals surface area contributed by atoms with Crippen molar-refractivity contribution in [2.75, 3.05) is 24.8 Å². The number of hydrogen-bond donors (Lipinski definition) is 2. The van der Waals surface area contributed by atoms with E-state index in [-0.39, 0.29) is 12.3 Å². The lowest BCUT2D eigenvalue weighted by atomic mass is 10.1. The SMILES string of the molecule is C/C=C(\C=NC)Nc1ncc(-c2ccc(CC(=O)Nc3cncc(OC)c3)cc2)cn1. The molecule has 2 heterocycles. The van der Waals surface area contributed by atoms with Crippen LogP contribution < -0.4 is 15.4 Å². The van der Waals surface area contributed by atoms with Gasteiger partial charge < -0.3 is 15.4 Å². The molecule has 3 aromatic rings. The first kappa shape index (κ1) is 21.6. The number of allylic oxidation sites excluding steroid dienone is 2. The first-order valence-corrected chi connectivity index (χ1v) is 9.67. The molecule has 8 heteroatoms. The van der Waals surface area contributed by atoms with Gasteiger partial charge in [0.05, 0.1) is 37.3 Å². The molecule has 1 aromatic carbocycles. The van der Waals surface area contributed by atoms with E-state index in [0.29, 0.717) is 17.4 Å². The summed E-state index contributed by atoms with van der Waals surface area (Å²) in [5.41, 5.74) is 4.16. The molecule has 0 aliphatic carbocycles. The minimum absolute atomic E-state index is 0.128. The molecule has 0 saturated carbocycles. The molecule has 0 unspecified atom stereocenters. The van der Waals surface area contributed by atoms with Crippen molar-refractivity contribution in [1.29, 1.82) is 0 Å². The average molecular weight is 416 g/mol. The predicted octanol–water partition coefficient (Wildman–Crippen LogP) is 3.74. The van der Waals surface area contributed by atoms with Crippen molar-refractivity contribution in [3.63, 3.8) is 0 Å². The summed E-state index contributed by atoms with van der Waals surface area (Å²) in [7, 11) is 3.26. The second kappa shape index (κ2) is 10.6. The Kier molecular flexibility index (Phi) is 7.42. The van der Waals surface area contributed by atoms with Crippen molar-refractivity contribution < 1.29 is 9.53 Å². The number of nitrogens with one attached hydrogen (secondary N) is 2. The highest BCUT2D eigenvalue weighted by Crippen LogP contribution is 2.20. The van der Waals surface area contributed by atoms with Crippen LogP contribution in [0.5, 0.6) is 5.75 Å². The van der Waals surface area contributed by atoms with Crippen molar-refractivity contribution in [1.82, 2.24) is 15.0 Å². The zero-order chi connectivity index (χ0) is 22.1. The first-order valence-electron chi connectivity index (χ1n) is 9.67. The second-order valence-corrected chi connectivity index (χ2v) is 6.59. The number of anilines is 2. The maximum absolute atomic E-state index is 12.3. The number of nitrogens with zero attached hydrogens (tertiary/aromatic N) is 4. The molecule has 31 heavy (non-hydrogen) atoms. The molecule has 0 bridgehead atoms. The normalized spacial score (nSPS) is 11.4. The Labute approximate surface area is 181 Å². The van der Waals surface area contributed by atoms with E-state index < -0.39 is 0 Å². The Morgan fingerprint density at radius 3 is 2.45 bits per heavy atom. The third kappa shape index (κ3) is 6.20. The second-order valence-electron chi connectivity index (χ2n) is 6.59. The van der Waals surface area contributed by atoms with E-state index in [1.807, 2.05) is 37.3 Å². The topological polar surface area (TPSA) is 101 Å². The van der Waals surface area contributed by atoms with Gasteiger partial charge in [-0.25, -0.2) is 9.97 Å². The summed E-state index contributed by atoms with van der Waals surface area (Å²) in [6, 6.07) is 9.45. The van der Waals surface area contributed by atoms with Crippen molar-refractivity contribution in [3.05, 3.63) is 72.5 Å². The number of hydrogen-bond acceptors (Lipinski definition) is 7. The molecule has 0 saturated heterocycles. The van der Waals surface area contributed by atoms with Crippen LogP contribution in [0.1, 0.15) is 12.5 Å². The lowest BCUT2D eigenvalue weighted by Crippen LogP contribution is -2.14. The maximum Gasteiger partial charge on any atom is 0.228 e. The molecule has 0 spiro atoms. The standard InChI is InChI=1S/C23H24N6O2/c1-4-19(13-24-2)29-23-26-11-18(12-27-23)17-7-5-16(6-8-17)9-22(30)28-20-10-21(31-3)15-25-14-20/h4-8,10-15H,9H2,1-3H3,(H,28,30)(H,26,27,29)/b19-4+,24-13?. The molecule has 3 rings (SSSR count). The molecule has 0 aliphatic heterocycles. The van der Waals surface area contributed by atoms with Crippen molar-refractivity contribution in [2.24, 2.45) is 4.99 Å². The Morgan fingerprint density at radius 1 is 1.06 bits per heavy atom. The summed E-state index contributed by atoms with van der Waals surface area (Å²) in [5, 5.41) is 5.92. The Bertz CT molecular complexity index is 1080. The summed E-state index contributed by atoms with van der Waals surface area (Å²) in [6.45, 7) is 1.91. The molecule has 158 valence electrons. The molecule has 2 N–H and O–H groups in total. The fraction of sp³-hybridized carbons (Fsp3) is 0.174. The molecule has 8 nitrogen and oxygen atoms in total. The van der Waals surface area contributed by atoms with Gasteiger partial charge in [0.15, 0.2) is 0 Å². The van der Waals surface area contributed by atoms with Gasteiger partial charge >= 0.3 is 0 Å². The van der Waals surface area contributed by atoms with Gasteiger partial charge in [-0.1, -0.05) is 30.3 Å². The van der Waals surface area contributed by atoms with Crippen molar-refractivity contribution in [3.8, 4) is 16.9 Å². The van der Waals surface area contributed by atoms with E-state index >= 15 is 0 Å². The molecule has 0 radical (unpaired) electrons. The number of benzene rings is 1. The van der Waals surface area contributed by atoms with Gasteiger partial charge in [-0.3, -0.25) is 14.8 Å². The van der Waals surface area contributed by atoms with Crippen LogP contribution in [-0.4, -0.2) is 41.2 Å². The molecule has 0 atom stereocenters. The number of pyridine rings is 1. The predicted molar refractivity (Wildman–Crippen MR) is 122 cm³/mol. The number of carbonyl (C=O) groups excluding carboxylic acids is 1. The summed E-state index contributed by atoms with van der Waals surface area (Å²) >= 11 is 0. The number of aliphatic imine (C=N–C) groups is 1. The van der Waals surface area contributed by atoms with Gasteiger partial charge in [0.25, 0.3) is 0 Å². The quantitative estimate of drug-likeness (QED) is 0.543. The average Bonchev–Trinajstić information content (AvgIpc) is 2.80. The highest BCUT2D eigenvalue weighted by atomic mass is 16.5. The number of ether oxygens (including phenoxy) is 1. The van der Waals surface area contributed by atoms with E-state index in [9.17, 15) is 4.79 Å². The third-order valence-electron chi connectivity index (χ3n) is 4.37. The van der Waals surface area contributed by atoms with Crippen LogP contribution in [0, 0.1) is 0 Å². The van der Waals surface area contributed by atoms with Crippen LogP contribution in [0.25, 0.3) is 11.1 Å². The summed E-state index contributed by atoms with van der Waals surface area (Å²) in [6.07, 6.45) is 10.5. The summed E-state index contributed by atoms with van der Waals surface area (Å²) in [5.74, 6) is 0.958. The minimum atomic E-state index is -0.128. The van der Waals surface area contributed by atoms with Gasteiger partial charge in [0.1, 0.15) is 5.75 Å². The maximum atomic E-state index is 12.3. The largest absolute Gasteiger partial charge is 0.495 e. The van der Waals surface area contributed by atoms with Crippen LogP contribution >= 0.6 is 0 Å². The van der Waals surface area contributed by atoms with Crippen LogP contribution in [0.2, 0.25) is 0 Å². The van der Waals surface area contributed by atoms with Gasteiger partial charge in [0, 0.05) is 37.3 Å². The van der Waals surface area contributed by atoms with E-state index in [1.165, 1.54) is 0 Å². The molecular formula is C23H24N6O2.